The molecule has 1 unspecified atom stereocenters. The number of hydrogen-bond acceptors (Lipinski definition) is 17. The van der Waals surface area contributed by atoms with Crippen molar-refractivity contribution in [3.63, 3.8) is 0 Å². The van der Waals surface area contributed by atoms with Crippen molar-refractivity contribution in [1.29, 1.82) is 0 Å². The van der Waals surface area contributed by atoms with Crippen molar-refractivity contribution in [2.45, 2.75) is 182 Å². The molecule has 0 spiro atoms. The van der Waals surface area contributed by atoms with E-state index in [0.717, 1.165) is 5.75 Å². The Morgan fingerprint density at radius 2 is 0.866 bits per heavy atom. The van der Waals surface area contributed by atoms with E-state index in [1.165, 1.54) is 6.92 Å². The van der Waals surface area contributed by atoms with Gasteiger partial charge < -0.3 is 45.5 Å². The fourth-order valence-electron chi connectivity index (χ4n) is 14.6. The van der Waals surface area contributed by atoms with Crippen molar-refractivity contribution in [3.8, 4) is 0 Å². The largest absolute Gasteiger partial charge is 0.460 e. The Hall–Kier alpha value is -9.71. The molecule has 0 saturated carbocycles. The number of ketones is 5. The molecular weight excluding hydrogens is 1540 g/mol. The molecular formula is C97H123N5O15S2. The molecule has 0 aliphatic carbocycles. The fraction of sp³-hybridized carbons (Fsp3) is 0.454. The summed E-state index contributed by atoms with van der Waals surface area (Å²) in [6, 6.07) is 60.2. The van der Waals surface area contributed by atoms with Crippen molar-refractivity contribution >= 4 is 86.0 Å². The van der Waals surface area contributed by atoms with Crippen LogP contribution < -0.4 is 26.6 Å². The third kappa shape index (κ3) is 30.5. The van der Waals surface area contributed by atoms with Crippen LogP contribution in [0.1, 0.15) is 180 Å². The molecule has 0 heterocycles. The van der Waals surface area contributed by atoms with Crippen LogP contribution in [-0.2, 0) is 89.2 Å². The normalized spacial score (nSPS) is 14.0. The van der Waals surface area contributed by atoms with Crippen LogP contribution in [0.3, 0.4) is 0 Å². The molecule has 0 aliphatic heterocycles. The quantitative estimate of drug-likeness (QED) is 0.0102. The Morgan fingerprint density at radius 3 is 1.34 bits per heavy atom. The molecule has 22 heteroatoms. The first-order valence-electron chi connectivity index (χ1n) is 41.7. The van der Waals surface area contributed by atoms with E-state index in [4.69, 9.17) is 18.9 Å². The highest BCUT2D eigenvalue weighted by molar-refractivity contribution is 8.76. The lowest BCUT2D eigenvalue weighted by Crippen LogP contribution is -2.53. The average Bonchev–Trinajstić information content (AvgIpc) is 0.757. The molecule has 9 atom stereocenters. The number of benzene rings is 7. The predicted octanol–water partition coefficient (Wildman–Crippen LogP) is 15.1. The predicted molar refractivity (Wildman–Crippen MR) is 469 cm³/mol. The molecule has 0 aromatic heterocycles. The van der Waals surface area contributed by atoms with Crippen molar-refractivity contribution in [3.05, 3.63) is 251 Å². The number of Topliss-reactive ketones (excluding diaryl/α,β-unsaturated/α-hetero) is 5. The number of hydrogen-bond donors (Lipinski definition) is 5. The summed E-state index contributed by atoms with van der Waals surface area (Å²) in [5, 5.41) is 15.0. The van der Waals surface area contributed by atoms with E-state index < -0.39 is 144 Å². The molecule has 7 aromatic carbocycles. The van der Waals surface area contributed by atoms with Gasteiger partial charge in [-0.1, -0.05) is 296 Å². The second-order valence-electron chi connectivity index (χ2n) is 32.6. The highest BCUT2D eigenvalue weighted by Crippen LogP contribution is 2.42. The number of carbonyl (C=O) groups excluding carboxylic acids is 11. The van der Waals surface area contributed by atoms with Crippen LogP contribution in [0.5, 0.6) is 0 Å². The minimum atomic E-state index is -1.75. The number of rotatable bonds is 53. The van der Waals surface area contributed by atoms with E-state index in [2.05, 4.69) is 33.5 Å². The summed E-state index contributed by atoms with van der Waals surface area (Å²) in [5.41, 5.74) is 0.456. The number of ether oxygens (including phenoxy) is 4. The minimum absolute atomic E-state index is 0.0237. The van der Waals surface area contributed by atoms with Gasteiger partial charge in [0.1, 0.15) is 29.1 Å². The maximum atomic E-state index is 16.4. The van der Waals surface area contributed by atoms with Crippen LogP contribution >= 0.6 is 21.6 Å². The highest BCUT2D eigenvalue weighted by Gasteiger charge is 2.44. The molecule has 7 aromatic rings. The Kier molecular flexibility index (Phi) is 39.8. The number of nitrogens with one attached hydrogen (secondary N) is 5. The molecule has 638 valence electrons. The lowest BCUT2D eigenvalue weighted by molar-refractivity contribution is -0.156. The highest BCUT2D eigenvalue weighted by atomic mass is 33.1. The van der Waals surface area contributed by atoms with Gasteiger partial charge >= 0.3 is 5.97 Å². The van der Waals surface area contributed by atoms with Crippen LogP contribution in [-0.4, -0.2) is 139 Å². The molecule has 0 fully saturated rings. The topological polar surface area (TPSA) is 285 Å². The SMILES string of the molecule is CCSSC[C@H](C)C(=O)NCCOCCOCC(=O)C[C@H](C(=O)N[C@@H](CC(=O)NC(c1ccccc1)(c1ccccc1)c1ccccc1)C(=O)C[C@@H](COC(c1ccccc1)(c1ccccc1)c1ccccc1)C(=O)N[C@@H](CC(=O)OC(C)(C)C)C(=O)C[C@@H](Cc1ccccc1)C(=O)N[C@@H](CC(C)C)C(=O)C[C@@H](CC(C)C)C(C)=O)C(C)CC. The van der Waals surface area contributed by atoms with Crippen molar-refractivity contribution < 1.29 is 71.7 Å². The van der Waals surface area contributed by atoms with Gasteiger partial charge in [0.2, 0.25) is 29.5 Å². The summed E-state index contributed by atoms with van der Waals surface area (Å²) in [6.45, 7) is 21.4. The van der Waals surface area contributed by atoms with Gasteiger partial charge in [0, 0.05) is 67.4 Å². The van der Waals surface area contributed by atoms with Crippen molar-refractivity contribution in [2.75, 3.05) is 51.1 Å². The summed E-state index contributed by atoms with van der Waals surface area (Å²) in [5.74, 6) is -10.1. The zero-order valence-corrected chi connectivity index (χ0v) is 72.9. The molecule has 0 radical (unpaired) electrons. The third-order valence-electron chi connectivity index (χ3n) is 21.0. The summed E-state index contributed by atoms with van der Waals surface area (Å²) in [4.78, 5) is 164. The van der Waals surface area contributed by atoms with Gasteiger partial charge in [-0.2, -0.15) is 0 Å². The van der Waals surface area contributed by atoms with Gasteiger partial charge in [-0.3, -0.25) is 52.7 Å². The van der Waals surface area contributed by atoms with Crippen molar-refractivity contribution in [2.24, 2.45) is 47.3 Å². The summed E-state index contributed by atoms with van der Waals surface area (Å²) in [6.07, 6.45) is -2.21. The Morgan fingerprint density at radius 1 is 0.437 bits per heavy atom. The Balaban J connectivity index is 1.32. The second-order valence-corrected chi connectivity index (χ2v) is 35.4. The first-order valence-corrected chi connectivity index (χ1v) is 44.2. The van der Waals surface area contributed by atoms with E-state index in [-0.39, 0.29) is 93.9 Å². The van der Waals surface area contributed by atoms with Crippen LogP contribution in [0.2, 0.25) is 0 Å². The van der Waals surface area contributed by atoms with E-state index in [9.17, 15) is 24.0 Å². The number of amides is 5. The van der Waals surface area contributed by atoms with Gasteiger partial charge in [0.25, 0.3) is 0 Å². The molecule has 119 heavy (non-hydrogen) atoms. The van der Waals surface area contributed by atoms with Crippen LogP contribution in [0.15, 0.2) is 212 Å². The van der Waals surface area contributed by atoms with Gasteiger partial charge in [0.05, 0.1) is 63.3 Å². The van der Waals surface area contributed by atoms with E-state index in [0.29, 0.717) is 57.5 Å². The van der Waals surface area contributed by atoms with Crippen LogP contribution in [0.4, 0.5) is 0 Å². The van der Waals surface area contributed by atoms with E-state index >= 15 is 28.8 Å². The first kappa shape index (κ1) is 96.4. The summed E-state index contributed by atoms with van der Waals surface area (Å²) < 4.78 is 24.8. The Bertz CT molecular complexity index is 4150. The van der Waals surface area contributed by atoms with Crippen molar-refractivity contribution in [1.82, 2.24) is 26.6 Å². The lowest BCUT2D eigenvalue weighted by atomic mass is 9.76. The molecule has 0 bridgehead atoms. The van der Waals surface area contributed by atoms with Gasteiger partial charge in [-0.15, -0.1) is 0 Å². The zero-order chi connectivity index (χ0) is 86.5. The van der Waals surface area contributed by atoms with Gasteiger partial charge in [-0.25, -0.2) is 0 Å². The van der Waals surface area contributed by atoms with E-state index in [1.807, 2.05) is 224 Å². The lowest BCUT2D eigenvalue weighted by Gasteiger charge is -2.37. The van der Waals surface area contributed by atoms with Crippen LogP contribution in [0.25, 0.3) is 0 Å². The monoisotopic (exact) mass is 1660 g/mol. The first-order chi connectivity index (χ1) is 57.0. The maximum Gasteiger partial charge on any atom is 0.308 e. The molecule has 7 rings (SSSR count). The molecule has 0 saturated heterocycles. The second kappa shape index (κ2) is 49.1. The maximum absolute atomic E-state index is 16.4. The standard InChI is InChI=1S/C97H123N5O15S2/c1-13-68(7)82(60-81(104)64-115-53-52-114-51-50-98-91(110)69(8)65-119-118-14-2)94(113)101-84(61-89(108)102-96(75-38-24-16-25-39-75,76-40-26-17-27-41-76)77-42-28-18-29-43-77)88(107)59-74(63-116-97(78-44-30-19-31-45-78,79-46-32-20-33-47-79)80-48-34-21-35-49-80)93(112)100-85(62-90(109)117-95(10,11)12)87(106)58-73(56-71-36-22-15-23-37-71)92(111)99-83(55-67(5)6)86(105)57-72(70(9)103)54-66(3)4/h15-49,66-69,72-74,82-85H,13-14,50-65H2,1-12H3,(H,98,110)(H,99,111)(H,100,112)(H,101,113)(H,102,108)/t68?,69-,72+,73+,74-,82-,83-,84-,85-/m0/s1. The molecule has 5 N–H and O–H groups in total. The third-order valence-corrected chi connectivity index (χ3v) is 23.6. The molecule has 20 nitrogen and oxygen atoms in total. The zero-order valence-electron chi connectivity index (χ0n) is 71.2. The van der Waals surface area contributed by atoms with Gasteiger partial charge in [0.15, 0.2) is 23.1 Å². The average molecular weight is 1660 g/mol. The Labute approximate surface area is 711 Å². The fourth-order valence-corrected chi connectivity index (χ4v) is 16.7. The number of esters is 1. The number of carbonyl (C=O) groups is 11. The summed E-state index contributed by atoms with van der Waals surface area (Å²) in [7, 11) is 3.35. The van der Waals surface area contributed by atoms with Crippen LogP contribution in [0, 0.1) is 47.3 Å². The molecule has 5 amide bonds. The smallest absolute Gasteiger partial charge is 0.308 e. The van der Waals surface area contributed by atoms with Gasteiger partial charge in [-0.05, 0) is 104 Å². The minimum Gasteiger partial charge on any atom is -0.460 e. The van der Waals surface area contributed by atoms with E-state index in [1.54, 1.807) is 79.6 Å². The summed E-state index contributed by atoms with van der Waals surface area (Å²) >= 11 is 0. The molecule has 0 aliphatic rings.